The Morgan fingerprint density at radius 1 is 0.788 bits per heavy atom. The number of aromatic nitrogens is 1. The first kappa shape index (κ1) is 23.7. The average Bonchev–Trinajstić information content (AvgIpc) is 3.22. The lowest BCUT2D eigenvalue weighted by Gasteiger charge is -2.11. The Kier molecular flexibility index (Phi) is 6.78. The summed E-state index contributed by atoms with van der Waals surface area (Å²) in [6.07, 6.45) is 0. The van der Waals surface area contributed by atoms with Gasteiger partial charge in [-0.15, -0.1) is 11.3 Å². The molecule has 0 amide bonds. The molecule has 4 aromatic rings. The Bertz CT molecular complexity index is 1510. The second-order valence-corrected chi connectivity index (χ2v) is 12.3. The summed E-state index contributed by atoms with van der Waals surface area (Å²) >= 11 is 10.2. The number of hydrogen-bond donors (Lipinski definition) is 2. The Hall–Kier alpha value is -2.44. The summed E-state index contributed by atoms with van der Waals surface area (Å²) < 4.78 is 56.6. The number of para-hydroxylation sites is 1. The van der Waals surface area contributed by atoms with Gasteiger partial charge in [0.05, 0.1) is 21.2 Å². The molecule has 7 nitrogen and oxygen atoms in total. The molecule has 170 valence electrons. The summed E-state index contributed by atoms with van der Waals surface area (Å²) in [5.74, 6) is 0. The second kappa shape index (κ2) is 9.43. The summed E-state index contributed by atoms with van der Waals surface area (Å²) in [6, 6.07) is 18.7. The first-order chi connectivity index (χ1) is 15.6. The summed E-state index contributed by atoms with van der Waals surface area (Å²) in [4.78, 5) is 4.50. The molecule has 12 heteroatoms. The van der Waals surface area contributed by atoms with Crippen LogP contribution in [-0.2, 0) is 20.0 Å². The van der Waals surface area contributed by atoms with Crippen LogP contribution in [0.3, 0.4) is 0 Å². The van der Waals surface area contributed by atoms with E-state index in [1.54, 1.807) is 41.8 Å². The zero-order chi connectivity index (χ0) is 23.6. The maximum absolute atomic E-state index is 12.8. The van der Waals surface area contributed by atoms with Crippen molar-refractivity contribution in [2.45, 2.75) is 9.79 Å². The lowest BCUT2D eigenvalue weighted by Crippen LogP contribution is -2.13. The fourth-order valence-electron chi connectivity index (χ4n) is 2.84. The van der Waals surface area contributed by atoms with Crippen LogP contribution in [0.15, 0.2) is 92.4 Å². The number of thiazole rings is 1. The van der Waals surface area contributed by atoms with Gasteiger partial charge in [0.25, 0.3) is 20.0 Å². The molecule has 1 heterocycles. The normalized spacial score (nSPS) is 11.8. The van der Waals surface area contributed by atoms with Crippen LogP contribution < -0.4 is 9.44 Å². The lowest BCUT2D eigenvalue weighted by atomic mass is 10.1. The van der Waals surface area contributed by atoms with Crippen LogP contribution in [0.4, 0.5) is 10.8 Å². The molecule has 0 fully saturated rings. The van der Waals surface area contributed by atoms with E-state index in [-0.39, 0.29) is 14.9 Å². The minimum Gasteiger partial charge on any atom is -0.279 e. The topological polar surface area (TPSA) is 105 Å². The van der Waals surface area contributed by atoms with Crippen LogP contribution in [0.1, 0.15) is 0 Å². The van der Waals surface area contributed by atoms with E-state index >= 15 is 0 Å². The average molecular weight is 585 g/mol. The van der Waals surface area contributed by atoms with Crippen molar-refractivity contribution in [2.24, 2.45) is 0 Å². The highest BCUT2D eigenvalue weighted by Crippen LogP contribution is 2.33. The number of halogens is 2. The molecule has 33 heavy (non-hydrogen) atoms. The first-order valence-electron chi connectivity index (χ1n) is 9.26. The van der Waals surface area contributed by atoms with E-state index in [1.165, 1.54) is 36.4 Å². The molecule has 0 radical (unpaired) electrons. The predicted molar refractivity (Wildman–Crippen MR) is 135 cm³/mol. The maximum atomic E-state index is 12.8. The van der Waals surface area contributed by atoms with Gasteiger partial charge >= 0.3 is 0 Å². The van der Waals surface area contributed by atoms with Crippen LogP contribution in [0.25, 0.3) is 11.3 Å². The number of nitrogens with zero attached hydrogens (tertiary/aromatic N) is 1. The van der Waals surface area contributed by atoms with Gasteiger partial charge in [0.2, 0.25) is 0 Å². The Morgan fingerprint density at radius 2 is 1.36 bits per heavy atom. The second-order valence-electron chi connectivity index (χ2n) is 6.70. The summed E-state index contributed by atoms with van der Waals surface area (Å²) in [5, 5.41) is 2.23. The van der Waals surface area contributed by atoms with E-state index in [2.05, 4.69) is 30.4 Å². The van der Waals surface area contributed by atoms with E-state index in [9.17, 15) is 16.8 Å². The van der Waals surface area contributed by atoms with Crippen molar-refractivity contribution in [2.75, 3.05) is 9.44 Å². The molecule has 3 aromatic carbocycles. The Balaban J connectivity index is 1.60. The fourth-order valence-corrected chi connectivity index (χ4v) is 6.28. The summed E-state index contributed by atoms with van der Waals surface area (Å²) in [7, 11) is -7.69. The summed E-state index contributed by atoms with van der Waals surface area (Å²) in [5.41, 5.74) is 1.23. The van der Waals surface area contributed by atoms with Crippen molar-refractivity contribution in [1.82, 2.24) is 4.98 Å². The van der Waals surface area contributed by atoms with Crippen molar-refractivity contribution in [3.8, 4) is 11.3 Å². The molecule has 0 saturated carbocycles. The van der Waals surface area contributed by atoms with Crippen molar-refractivity contribution >= 4 is 69.7 Å². The molecule has 0 bridgehead atoms. The van der Waals surface area contributed by atoms with Gasteiger partial charge in [0.15, 0.2) is 5.13 Å². The molecule has 0 atom stereocenters. The van der Waals surface area contributed by atoms with Gasteiger partial charge < -0.3 is 0 Å². The van der Waals surface area contributed by atoms with Crippen molar-refractivity contribution in [3.63, 3.8) is 0 Å². The van der Waals surface area contributed by atoms with E-state index in [0.29, 0.717) is 22.0 Å². The molecule has 0 aliphatic carbocycles. The van der Waals surface area contributed by atoms with Crippen LogP contribution in [0.2, 0.25) is 5.02 Å². The third kappa shape index (κ3) is 5.56. The van der Waals surface area contributed by atoms with Crippen LogP contribution in [0.5, 0.6) is 0 Å². The third-order valence-electron chi connectivity index (χ3n) is 4.42. The van der Waals surface area contributed by atoms with Gasteiger partial charge in [-0.1, -0.05) is 45.7 Å². The maximum Gasteiger partial charge on any atom is 0.263 e. The van der Waals surface area contributed by atoms with Crippen LogP contribution in [0, 0.1) is 0 Å². The number of sulfonamides is 2. The molecule has 0 unspecified atom stereocenters. The highest BCUT2D eigenvalue weighted by atomic mass is 79.9. The van der Waals surface area contributed by atoms with Crippen molar-refractivity contribution in [3.05, 3.63) is 87.7 Å². The van der Waals surface area contributed by atoms with Gasteiger partial charge in [-0.25, -0.2) is 21.8 Å². The molecular weight excluding hydrogens is 570 g/mol. The smallest absolute Gasteiger partial charge is 0.263 e. The largest absolute Gasteiger partial charge is 0.279 e. The Labute approximate surface area is 208 Å². The monoisotopic (exact) mass is 583 g/mol. The number of anilines is 2. The Morgan fingerprint density at radius 3 is 2.03 bits per heavy atom. The van der Waals surface area contributed by atoms with Crippen LogP contribution >= 0.6 is 38.9 Å². The molecule has 1 aromatic heterocycles. The van der Waals surface area contributed by atoms with Gasteiger partial charge in [-0.3, -0.25) is 9.44 Å². The molecular formula is C21H15BrClN3O4S3. The minimum absolute atomic E-state index is 0.0583. The van der Waals surface area contributed by atoms with Crippen LogP contribution in [-0.4, -0.2) is 21.8 Å². The number of hydrogen-bond acceptors (Lipinski definition) is 6. The molecule has 2 N–H and O–H groups in total. The van der Waals surface area contributed by atoms with E-state index in [0.717, 1.165) is 15.8 Å². The molecule has 0 spiro atoms. The van der Waals surface area contributed by atoms with Gasteiger partial charge in [0, 0.05) is 20.4 Å². The molecule has 0 aliphatic rings. The first-order valence-corrected chi connectivity index (χ1v) is 14.3. The number of benzene rings is 3. The van der Waals surface area contributed by atoms with Gasteiger partial charge in [-0.2, -0.15) is 0 Å². The van der Waals surface area contributed by atoms with Crippen molar-refractivity contribution < 1.29 is 16.8 Å². The van der Waals surface area contributed by atoms with Crippen molar-refractivity contribution in [1.29, 1.82) is 0 Å². The van der Waals surface area contributed by atoms with Gasteiger partial charge in [0.1, 0.15) is 0 Å². The summed E-state index contributed by atoms with van der Waals surface area (Å²) in [6.45, 7) is 0. The minimum atomic E-state index is -3.87. The zero-order valence-electron chi connectivity index (χ0n) is 16.6. The lowest BCUT2D eigenvalue weighted by molar-refractivity contribution is 0.599. The zero-order valence-corrected chi connectivity index (χ0v) is 21.4. The van der Waals surface area contributed by atoms with E-state index in [4.69, 9.17) is 11.6 Å². The predicted octanol–water partition coefficient (Wildman–Crippen LogP) is 5.83. The molecule has 0 aliphatic heterocycles. The SMILES string of the molecule is O=S(=O)(Nc1nc(-c2ccccc2NS(=O)(=O)c2ccc(Cl)cc2)cs1)c1ccc(Br)cc1. The molecule has 0 saturated heterocycles. The fraction of sp³-hybridized carbons (Fsp3) is 0. The van der Waals surface area contributed by atoms with Gasteiger partial charge in [-0.05, 0) is 54.6 Å². The highest BCUT2D eigenvalue weighted by molar-refractivity contribution is 9.10. The quantitative estimate of drug-likeness (QED) is 0.284. The standard InChI is InChI=1S/C21H15BrClN3O4S3/c22-14-5-9-16(10-6-14)33(29,30)26-21-24-20(13-31-21)18-3-1-2-4-19(18)25-32(27,28)17-11-7-15(23)8-12-17/h1-13,25H,(H,24,26). The van der Waals surface area contributed by atoms with E-state index in [1.807, 2.05) is 0 Å². The third-order valence-corrected chi connectivity index (χ3v) is 8.82. The molecule has 4 rings (SSSR count). The number of nitrogens with one attached hydrogen (secondary N) is 2. The van der Waals surface area contributed by atoms with E-state index < -0.39 is 20.0 Å². The highest BCUT2D eigenvalue weighted by Gasteiger charge is 2.19. The number of rotatable bonds is 7.